The minimum atomic E-state index is -0.547. The third kappa shape index (κ3) is 3.71. The molecule has 1 aliphatic heterocycles. The highest BCUT2D eigenvalue weighted by Gasteiger charge is 2.43. The largest absolute Gasteiger partial charge is 0.383 e. The first-order chi connectivity index (χ1) is 9.70. The summed E-state index contributed by atoms with van der Waals surface area (Å²) < 4.78 is 10.9. The fraction of sp³-hybridized carbons (Fsp3) is 0.933. The average Bonchev–Trinajstić information content (AvgIpc) is 3.07. The number of amides is 1. The third-order valence-electron chi connectivity index (χ3n) is 4.46. The number of hydrogen-bond acceptors (Lipinski definition) is 4. The van der Waals surface area contributed by atoms with Gasteiger partial charge in [0, 0.05) is 39.4 Å². The molecule has 0 bridgehead atoms. The number of likely N-dealkylation sites (tertiary alicyclic amines) is 1. The van der Waals surface area contributed by atoms with Crippen molar-refractivity contribution in [1.82, 2.24) is 10.2 Å². The van der Waals surface area contributed by atoms with E-state index in [4.69, 9.17) is 9.47 Å². The van der Waals surface area contributed by atoms with Crippen molar-refractivity contribution in [2.75, 3.05) is 40.0 Å². The van der Waals surface area contributed by atoms with Gasteiger partial charge in [-0.1, -0.05) is 0 Å². The first-order valence-corrected chi connectivity index (χ1v) is 7.86. The smallest absolute Gasteiger partial charge is 0.252 e. The summed E-state index contributed by atoms with van der Waals surface area (Å²) in [6.07, 6.45) is 4.95. The lowest BCUT2D eigenvalue weighted by atomic mass is 10.00. The van der Waals surface area contributed by atoms with Gasteiger partial charge in [-0.3, -0.25) is 9.69 Å². The van der Waals surface area contributed by atoms with E-state index in [2.05, 4.69) is 10.2 Å². The normalized spacial score (nSPS) is 26.0. The minimum Gasteiger partial charge on any atom is -0.383 e. The third-order valence-corrected chi connectivity index (χ3v) is 4.46. The van der Waals surface area contributed by atoms with Crippen molar-refractivity contribution in [3.63, 3.8) is 0 Å². The molecule has 1 aliphatic carbocycles. The molecule has 0 aromatic heterocycles. The molecule has 1 saturated carbocycles. The maximum absolute atomic E-state index is 12.6. The molecule has 0 aromatic rings. The van der Waals surface area contributed by atoms with Gasteiger partial charge in [-0.25, -0.2) is 0 Å². The second kappa shape index (κ2) is 7.38. The van der Waals surface area contributed by atoms with E-state index >= 15 is 0 Å². The van der Waals surface area contributed by atoms with Crippen molar-refractivity contribution in [1.29, 1.82) is 0 Å². The topological polar surface area (TPSA) is 50.8 Å². The maximum atomic E-state index is 12.6. The quantitative estimate of drug-likeness (QED) is 0.762. The maximum Gasteiger partial charge on any atom is 0.252 e. The molecule has 1 saturated heterocycles. The van der Waals surface area contributed by atoms with Crippen molar-refractivity contribution < 1.29 is 14.3 Å². The summed E-state index contributed by atoms with van der Waals surface area (Å²) >= 11 is 0. The van der Waals surface area contributed by atoms with Gasteiger partial charge in [-0.15, -0.1) is 0 Å². The van der Waals surface area contributed by atoms with Crippen molar-refractivity contribution in [3.05, 3.63) is 0 Å². The van der Waals surface area contributed by atoms with Gasteiger partial charge in [0.15, 0.2) is 0 Å². The predicted octanol–water partition coefficient (Wildman–Crippen LogP) is 1.17. The Hall–Kier alpha value is -0.650. The number of rotatable bonds is 7. The summed E-state index contributed by atoms with van der Waals surface area (Å²) in [4.78, 5) is 14.9. The molecule has 5 heteroatoms. The first-order valence-electron chi connectivity index (χ1n) is 7.86. The first kappa shape index (κ1) is 15.7. The fourth-order valence-electron chi connectivity index (χ4n) is 3.35. The van der Waals surface area contributed by atoms with Gasteiger partial charge in [0.2, 0.25) is 0 Å². The number of nitrogens with zero attached hydrogens (tertiary/aromatic N) is 1. The zero-order chi connectivity index (χ0) is 14.4. The van der Waals surface area contributed by atoms with Crippen LogP contribution in [0.2, 0.25) is 0 Å². The van der Waals surface area contributed by atoms with E-state index in [0.717, 1.165) is 58.3 Å². The zero-order valence-electron chi connectivity index (χ0n) is 12.8. The van der Waals surface area contributed by atoms with E-state index in [-0.39, 0.29) is 11.9 Å². The van der Waals surface area contributed by atoms with Crippen LogP contribution >= 0.6 is 0 Å². The molecule has 5 nitrogen and oxygen atoms in total. The molecule has 0 radical (unpaired) electrons. The summed E-state index contributed by atoms with van der Waals surface area (Å²) in [7, 11) is 1.72. The number of nitrogens with one attached hydrogen (secondary N) is 1. The van der Waals surface area contributed by atoms with Crippen LogP contribution in [0.4, 0.5) is 0 Å². The summed E-state index contributed by atoms with van der Waals surface area (Å²) in [5.41, 5.74) is -0.547. The standard InChI is InChI=1S/C15H28N2O3/c1-3-20-15(7-4-5-8-15)14(18)16-13-6-9-17(12-13)10-11-19-2/h13H,3-12H2,1-2H3,(H,16,18). The molecule has 2 fully saturated rings. The lowest BCUT2D eigenvalue weighted by Crippen LogP contribution is -2.51. The molecule has 1 N–H and O–H groups in total. The molecule has 1 unspecified atom stereocenters. The Bertz CT molecular complexity index is 316. The Labute approximate surface area is 122 Å². The number of carbonyl (C=O) groups excluding carboxylic acids is 1. The minimum absolute atomic E-state index is 0.107. The van der Waals surface area contributed by atoms with Crippen LogP contribution < -0.4 is 5.32 Å². The number of ether oxygens (including phenoxy) is 2. The monoisotopic (exact) mass is 284 g/mol. The molecule has 1 amide bonds. The van der Waals surface area contributed by atoms with Gasteiger partial charge in [0.05, 0.1) is 6.61 Å². The lowest BCUT2D eigenvalue weighted by Gasteiger charge is -2.29. The van der Waals surface area contributed by atoms with Crippen molar-refractivity contribution in [2.45, 2.75) is 50.7 Å². The van der Waals surface area contributed by atoms with E-state index in [9.17, 15) is 4.79 Å². The summed E-state index contributed by atoms with van der Waals surface area (Å²) in [6, 6.07) is 0.261. The number of methoxy groups -OCH3 is 1. The van der Waals surface area contributed by atoms with Gasteiger partial charge in [-0.2, -0.15) is 0 Å². The van der Waals surface area contributed by atoms with Gasteiger partial charge in [0.25, 0.3) is 5.91 Å². The Balaban J connectivity index is 1.82. The van der Waals surface area contributed by atoms with E-state index in [1.165, 1.54) is 0 Å². The van der Waals surface area contributed by atoms with Crippen LogP contribution in [0, 0.1) is 0 Å². The summed E-state index contributed by atoms with van der Waals surface area (Å²) in [5.74, 6) is 0.107. The van der Waals surface area contributed by atoms with Crippen molar-refractivity contribution in [2.24, 2.45) is 0 Å². The van der Waals surface area contributed by atoms with Gasteiger partial charge in [-0.05, 0) is 39.0 Å². The van der Waals surface area contributed by atoms with Gasteiger partial charge in [0.1, 0.15) is 5.60 Å². The van der Waals surface area contributed by atoms with Crippen LogP contribution in [-0.2, 0) is 14.3 Å². The van der Waals surface area contributed by atoms with E-state index < -0.39 is 5.60 Å². The molecule has 2 aliphatic rings. The summed E-state index contributed by atoms with van der Waals surface area (Å²) in [6.45, 7) is 6.24. The average molecular weight is 284 g/mol. The Morgan fingerprint density at radius 1 is 1.40 bits per heavy atom. The molecule has 2 rings (SSSR count). The molecule has 0 aromatic carbocycles. The Kier molecular flexibility index (Phi) is 5.81. The van der Waals surface area contributed by atoms with E-state index in [0.29, 0.717) is 6.61 Å². The predicted molar refractivity (Wildman–Crippen MR) is 77.7 cm³/mol. The van der Waals surface area contributed by atoms with Crippen LogP contribution in [0.25, 0.3) is 0 Å². The van der Waals surface area contributed by atoms with Crippen LogP contribution in [-0.4, -0.2) is 62.4 Å². The molecular weight excluding hydrogens is 256 g/mol. The number of carbonyl (C=O) groups is 1. The zero-order valence-corrected chi connectivity index (χ0v) is 12.8. The molecular formula is C15H28N2O3. The van der Waals surface area contributed by atoms with Crippen molar-refractivity contribution >= 4 is 5.91 Å². The van der Waals surface area contributed by atoms with Crippen LogP contribution in [0.1, 0.15) is 39.0 Å². The highest BCUT2D eigenvalue weighted by Crippen LogP contribution is 2.33. The molecule has 20 heavy (non-hydrogen) atoms. The van der Waals surface area contributed by atoms with Gasteiger partial charge >= 0.3 is 0 Å². The van der Waals surface area contributed by atoms with Crippen LogP contribution in [0.5, 0.6) is 0 Å². The van der Waals surface area contributed by atoms with Crippen molar-refractivity contribution in [3.8, 4) is 0 Å². The van der Waals surface area contributed by atoms with E-state index in [1.807, 2.05) is 6.92 Å². The molecule has 1 atom stereocenters. The molecule has 1 heterocycles. The van der Waals surface area contributed by atoms with Gasteiger partial charge < -0.3 is 14.8 Å². The fourth-order valence-corrected chi connectivity index (χ4v) is 3.35. The van der Waals surface area contributed by atoms with E-state index in [1.54, 1.807) is 7.11 Å². The Morgan fingerprint density at radius 2 is 2.15 bits per heavy atom. The summed E-state index contributed by atoms with van der Waals surface area (Å²) in [5, 5.41) is 3.21. The highest BCUT2D eigenvalue weighted by molar-refractivity contribution is 5.85. The molecule has 0 spiro atoms. The second-order valence-corrected chi connectivity index (χ2v) is 5.89. The highest BCUT2D eigenvalue weighted by atomic mass is 16.5. The number of hydrogen-bond donors (Lipinski definition) is 1. The second-order valence-electron chi connectivity index (χ2n) is 5.89. The molecule has 116 valence electrons. The van der Waals surface area contributed by atoms with Crippen LogP contribution in [0.15, 0.2) is 0 Å². The Morgan fingerprint density at radius 3 is 2.80 bits per heavy atom. The van der Waals surface area contributed by atoms with Crippen LogP contribution in [0.3, 0.4) is 0 Å². The SMILES string of the molecule is CCOC1(C(=O)NC2CCN(CCOC)C2)CCCC1. The lowest BCUT2D eigenvalue weighted by molar-refractivity contribution is -0.146.